The van der Waals surface area contributed by atoms with Gasteiger partial charge in [-0.3, -0.25) is 0 Å². The van der Waals surface area contributed by atoms with Crippen molar-refractivity contribution in [2.24, 2.45) is 0 Å². The van der Waals surface area contributed by atoms with E-state index in [1.54, 1.807) is 0 Å². The number of amides is 1. The van der Waals surface area contributed by atoms with Gasteiger partial charge in [0.25, 0.3) is 0 Å². The van der Waals surface area contributed by atoms with Crippen LogP contribution in [0.25, 0.3) is 21.9 Å². The van der Waals surface area contributed by atoms with Gasteiger partial charge in [0.2, 0.25) is 0 Å². The first kappa shape index (κ1) is 26.2. The highest BCUT2D eigenvalue weighted by Gasteiger charge is 2.20. The van der Waals surface area contributed by atoms with Crippen LogP contribution in [0.1, 0.15) is 50.1 Å². The molecule has 0 aliphatic heterocycles. The van der Waals surface area contributed by atoms with E-state index in [1.807, 2.05) is 37.3 Å². The molecule has 8 nitrogen and oxygen atoms in total. The summed E-state index contributed by atoms with van der Waals surface area (Å²) in [6.45, 7) is 12.8. The van der Waals surface area contributed by atoms with E-state index in [-0.39, 0.29) is 5.92 Å². The van der Waals surface area contributed by atoms with E-state index in [0.29, 0.717) is 38.6 Å². The summed E-state index contributed by atoms with van der Waals surface area (Å²) < 4.78 is 7.48. The minimum absolute atomic E-state index is 0.274. The van der Waals surface area contributed by atoms with Crippen LogP contribution in [-0.4, -0.2) is 40.3 Å². The summed E-state index contributed by atoms with van der Waals surface area (Å²) in [6, 6.07) is 16.3. The lowest BCUT2D eigenvalue weighted by atomic mass is 10.1. The van der Waals surface area contributed by atoms with Crippen LogP contribution < -0.4 is 16.4 Å². The van der Waals surface area contributed by atoms with Crippen LogP contribution in [0.5, 0.6) is 0 Å². The van der Waals surface area contributed by atoms with Gasteiger partial charge in [-0.25, -0.2) is 14.8 Å². The van der Waals surface area contributed by atoms with Gasteiger partial charge in [0.05, 0.1) is 11.0 Å². The molecule has 0 aliphatic carbocycles. The zero-order chi connectivity index (χ0) is 26.4. The van der Waals surface area contributed by atoms with E-state index in [1.165, 1.54) is 0 Å². The third kappa shape index (κ3) is 6.27. The number of para-hydroxylation sites is 1. The lowest BCUT2D eigenvalue weighted by molar-refractivity contribution is 0.146. The number of hydrogen-bond acceptors (Lipinski definition) is 6. The molecule has 1 atom stereocenters. The minimum Gasteiger partial charge on any atom is -0.448 e. The number of nitrogen functional groups attached to an aromatic ring is 1. The zero-order valence-electron chi connectivity index (χ0n) is 21.9. The Morgan fingerprint density at radius 3 is 2.59 bits per heavy atom. The van der Waals surface area contributed by atoms with Gasteiger partial charge < -0.3 is 25.7 Å². The smallest absolute Gasteiger partial charge is 0.407 e. The number of carbonyl (C=O) groups is 1. The van der Waals surface area contributed by atoms with Crippen LogP contribution in [0.3, 0.4) is 0 Å². The molecule has 0 aliphatic rings. The monoisotopic (exact) mass is 500 g/mol. The van der Waals surface area contributed by atoms with E-state index in [0.717, 1.165) is 50.9 Å². The summed E-state index contributed by atoms with van der Waals surface area (Å²) in [5.41, 5.74) is 12.1. The van der Waals surface area contributed by atoms with Gasteiger partial charge in [-0.05, 0) is 30.5 Å². The summed E-state index contributed by atoms with van der Waals surface area (Å²) in [7, 11) is 0. The van der Waals surface area contributed by atoms with Crippen LogP contribution in [0.15, 0.2) is 60.7 Å². The molecule has 2 heterocycles. The number of rotatable bonds is 11. The van der Waals surface area contributed by atoms with Crippen molar-refractivity contribution in [2.45, 2.75) is 46.2 Å². The van der Waals surface area contributed by atoms with Gasteiger partial charge >= 0.3 is 6.09 Å². The number of aromatic nitrogens is 3. The largest absolute Gasteiger partial charge is 0.448 e. The number of nitrogens with two attached hydrogens (primary N) is 1. The highest BCUT2D eigenvalue weighted by Crippen LogP contribution is 2.32. The molecule has 2 aromatic heterocycles. The number of carbonyl (C=O) groups excluding carboxylic acids is 1. The third-order valence-corrected chi connectivity index (χ3v) is 6.43. The van der Waals surface area contributed by atoms with Crippen LogP contribution in [0.2, 0.25) is 0 Å². The molecular weight excluding hydrogens is 464 g/mol. The molecule has 0 spiro atoms. The number of alkyl carbamates (subject to hydrolysis) is 1. The van der Waals surface area contributed by atoms with Crippen LogP contribution in [0.4, 0.5) is 10.6 Å². The number of fused-ring (bicyclic) bond motifs is 3. The van der Waals surface area contributed by atoms with E-state index in [2.05, 4.69) is 58.8 Å². The number of nitrogens with zero attached hydrogens (tertiary/aromatic N) is 3. The molecule has 0 fully saturated rings. The molecule has 0 saturated heterocycles. The third-order valence-electron chi connectivity index (χ3n) is 6.43. The maximum absolute atomic E-state index is 12.0. The average molecular weight is 501 g/mol. The van der Waals surface area contributed by atoms with Gasteiger partial charge in [0.15, 0.2) is 5.82 Å². The van der Waals surface area contributed by atoms with Crippen molar-refractivity contribution in [3.05, 3.63) is 77.6 Å². The Balaban J connectivity index is 1.47. The van der Waals surface area contributed by atoms with Gasteiger partial charge in [-0.15, -0.1) is 0 Å². The summed E-state index contributed by atoms with van der Waals surface area (Å²) in [5.74, 6) is 1.74. The quantitative estimate of drug-likeness (QED) is 0.195. The number of anilines is 1. The normalized spacial score (nSPS) is 12.1. The number of benzene rings is 2. The first-order valence-electron chi connectivity index (χ1n) is 12.7. The molecule has 194 valence electrons. The molecule has 1 unspecified atom stereocenters. The van der Waals surface area contributed by atoms with Gasteiger partial charge in [-0.2, -0.15) is 0 Å². The number of hydrogen-bond donors (Lipinski definition) is 3. The maximum Gasteiger partial charge on any atom is 0.407 e. The zero-order valence-corrected chi connectivity index (χ0v) is 21.9. The molecule has 0 saturated carbocycles. The molecule has 0 bridgehead atoms. The Hall–Kier alpha value is -3.91. The maximum atomic E-state index is 12.0. The lowest BCUT2D eigenvalue weighted by Gasteiger charge is -2.15. The molecule has 4 rings (SSSR count). The molecular formula is C29H36N6O2. The number of ether oxygens (including phenoxy) is 1. The van der Waals surface area contributed by atoms with Crippen molar-refractivity contribution in [3.8, 4) is 0 Å². The van der Waals surface area contributed by atoms with Crippen molar-refractivity contribution in [1.82, 2.24) is 25.2 Å². The Bertz CT molecular complexity index is 1390. The standard InChI is InChI=1S/C29H36N6O2/c1-5-20(4)28-34-25-26(23-8-6-7-9-24(23)33-27(25)30)35(28)18-22-12-10-21(11-13-22)17-32-29(36)37-15-14-31-16-19(2)3/h6-13,20,31H,2,5,14-18H2,1,3-4H3,(H2,30,33)(H,32,36). The van der Waals surface area contributed by atoms with E-state index >= 15 is 0 Å². The Morgan fingerprint density at radius 1 is 1.14 bits per heavy atom. The van der Waals surface area contributed by atoms with Crippen molar-refractivity contribution in [2.75, 3.05) is 25.4 Å². The van der Waals surface area contributed by atoms with Crippen LogP contribution in [0, 0.1) is 0 Å². The summed E-state index contributed by atoms with van der Waals surface area (Å²) in [6.07, 6.45) is 0.543. The second-order valence-electron chi connectivity index (χ2n) is 9.52. The van der Waals surface area contributed by atoms with Crippen molar-refractivity contribution in [3.63, 3.8) is 0 Å². The number of imidazole rings is 1. The molecule has 0 radical (unpaired) electrons. The second kappa shape index (κ2) is 11.9. The molecule has 1 amide bonds. The second-order valence-corrected chi connectivity index (χ2v) is 9.52. The predicted molar refractivity (Wildman–Crippen MR) is 150 cm³/mol. The summed E-state index contributed by atoms with van der Waals surface area (Å²) >= 11 is 0. The summed E-state index contributed by atoms with van der Waals surface area (Å²) in [5, 5.41) is 7.00. The Kier molecular flexibility index (Phi) is 8.40. The fraction of sp³-hybridized carbons (Fsp3) is 0.345. The number of pyridine rings is 1. The lowest BCUT2D eigenvalue weighted by Crippen LogP contribution is -2.28. The Labute approximate surface area is 217 Å². The fourth-order valence-corrected chi connectivity index (χ4v) is 4.28. The fourth-order valence-electron chi connectivity index (χ4n) is 4.28. The Morgan fingerprint density at radius 2 is 1.86 bits per heavy atom. The SMILES string of the molecule is C=C(C)CNCCOC(=O)NCc1ccc(Cn2c(C(C)CC)nc3c(N)nc4ccccc4c32)cc1. The molecule has 8 heteroatoms. The predicted octanol–water partition coefficient (Wildman–Crippen LogP) is 5.12. The molecule has 2 aromatic carbocycles. The van der Waals surface area contributed by atoms with Crippen LogP contribution in [-0.2, 0) is 17.8 Å². The molecule has 4 N–H and O–H groups in total. The van der Waals surface area contributed by atoms with E-state index in [9.17, 15) is 4.79 Å². The van der Waals surface area contributed by atoms with Gasteiger partial charge in [-0.1, -0.05) is 68.5 Å². The van der Waals surface area contributed by atoms with Crippen molar-refractivity contribution >= 4 is 33.8 Å². The average Bonchev–Trinajstić information content (AvgIpc) is 3.27. The van der Waals surface area contributed by atoms with Crippen molar-refractivity contribution < 1.29 is 9.53 Å². The first-order valence-corrected chi connectivity index (χ1v) is 12.7. The topological polar surface area (TPSA) is 107 Å². The highest BCUT2D eigenvalue weighted by atomic mass is 16.5. The van der Waals surface area contributed by atoms with E-state index in [4.69, 9.17) is 15.5 Å². The van der Waals surface area contributed by atoms with Gasteiger partial charge in [0.1, 0.15) is 17.9 Å². The molecule has 4 aromatic rings. The van der Waals surface area contributed by atoms with E-state index < -0.39 is 6.09 Å². The number of nitrogens with one attached hydrogen (secondary N) is 2. The highest BCUT2D eigenvalue weighted by molar-refractivity contribution is 6.06. The van der Waals surface area contributed by atoms with Crippen molar-refractivity contribution in [1.29, 1.82) is 0 Å². The molecule has 37 heavy (non-hydrogen) atoms. The first-order chi connectivity index (χ1) is 17.9. The summed E-state index contributed by atoms with van der Waals surface area (Å²) in [4.78, 5) is 21.5. The van der Waals surface area contributed by atoms with Gasteiger partial charge in [0, 0.05) is 37.5 Å². The van der Waals surface area contributed by atoms with Crippen LogP contribution >= 0.6 is 0 Å². The minimum atomic E-state index is -0.428.